The molecule has 0 aromatic heterocycles. The van der Waals surface area contributed by atoms with Gasteiger partial charge in [0.1, 0.15) is 0 Å². The van der Waals surface area contributed by atoms with Crippen LogP contribution < -0.4 is 0 Å². The van der Waals surface area contributed by atoms with Gasteiger partial charge in [-0.15, -0.1) is 0 Å². The Morgan fingerprint density at radius 1 is 0.586 bits per heavy atom. The molecule has 5 aliphatic rings. The zero-order valence-electron chi connectivity index (χ0n) is 20.2. The van der Waals surface area contributed by atoms with Gasteiger partial charge in [-0.3, -0.25) is 0 Å². The zero-order chi connectivity index (χ0) is 20.2. The molecule has 2 bridgehead atoms. The van der Waals surface area contributed by atoms with Crippen molar-refractivity contribution in [2.75, 3.05) is 0 Å². The molecule has 0 saturated heterocycles. The highest BCUT2D eigenvalue weighted by molar-refractivity contribution is 5.03. The van der Waals surface area contributed by atoms with Crippen LogP contribution in [-0.4, -0.2) is 0 Å². The van der Waals surface area contributed by atoms with E-state index >= 15 is 0 Å². The third-order valence-electron chi connectivity index (χ3n) is 10.9. The van der Waals surface area contributed by atoms with Crippen LogP contribution in [0.2, 0.25) is 0 Å². The summed E-state index contributed by atoms with van der Waals surface area (Å²) in [7, 11) is 0. The quantitative estimate of drug-likeness (QED) is 0.338. The molecule has 0 nitrogen and oxygen atoms in total. The molecule has 5 saturated carbocycles. The summed E-state index contributed by atoms with van der Waals surface area (Å²) in [5.41, 5.74) is 1.60. The van der Waals surface area contributed by atoms with Gasteiger partial charge in [-0.25, -0.2) is 0 Å². The third kappa shape index (κ3) is 5.09. The molecule has 29 heavy (non-hydrogen) atoms. The Morgan fingerprint density at radius 2 is 1.17 bits per heavy atom. The molecule has 0 unspecified atom stereocenters. The van der Waals surface area contributed by atoms with E-state index in [4.69, 9.17) is 0 Å². The average Bonchev–Trinajstić information content (AvgIpc) is 2.79. The van der Waals surface area contributed by atoms with E-state index in [1.54, 1.807) is 96.3 Å². The molecular formula is C29H52. The standard InChI is InChI=1S/C29H52/c1-3-5-6-7-17-28-18-21-29(22-19-28,23-20-28)27-15-13-26(14-16-27)25-11-9-24(8-4-2)10-12-25/h24-27H,3-23H2,1-2H3/t24-,25-,26-,27-,28?,29?. The summed E-state index contributed by atoms with van der Waals surface area (Å²) in [6.07, 6.45) is 32.6. The minimum absolute atomic E-state index is 0.795. The molecule has 0 heterocycles. The fourth-order valence-electron chi connectivity index (χ4n) is 8.77. The predicted molar refractivity (Wildman–Crippen MR) is 127 cm³/mol. The molecule has 0 radical (unpaired) electrons. The van der Waals surface area contributed by atoms with E-state index in [1.807, 2.05) is 0 Å². The van der Waals surface area contributed by atoms with Crippen LogP contribution in [0.5, 0.6) is 0 Å². The van der Waals surface area contributed by atoms with Crippen LogP contribution in [0.15, 0.2) is 0 Å². The Labute approximate surface area is 183 Å². The lowest BCUT2D eigenvalue weighted by Crippen LogP contribution is -2.46. The maximum Gasteiger partial charge on any atom is -0.0269 e. The summed E-state index contributed by atoms with van der Waals surface area (Å²) in [5, 5.41) is 0. The van der Waals surface area contributed by atoms with Crippen molar-refractivity contribution < 1.29 is 0 Å². The molecule has 0 amide bonds. The first-order valence-corrected chi connectivity index (χ1v) is 14.2. The van der Waals surface area contributed by atoms with Crippen molar-refractivity contribution in [2.45, 2.75) is 149 Å². The van der Waals surface area contributed by atoms with Crippen molar-refractivity contribution in [3.05, 3.63) is 0 Å². The van der Waals surface area contributed by atoms with Gasteiger partial charge < -0.3 is 0 Å². The molecule has 0 atom stereocenters. The lowest BCUT2D eigenvalue weighted by Gasteiger charge is -2.58. The van der Waals surface area contributed by atoms with E-state index in [-0.39, 0.29) is 0 Å². The first-order chi connectivity index (χ1) is 14.2. The monoisotopic (exact) mass is 400 g/mol. The lowest BCUT2D eigenvalue weighted by atomic mass is 9.47. The average molecular weight is 401 g/mol. The van der Waals surface area contributed by atoms with Crippen LogP contribution in [0.4, 0.5) is 0 Å². The fourth-order valence-corrected chi connectivity index (χ4v) is 8.77. The molecule has 0 aromatic rings. The molecule has 5 aliphatic carbocycles. The van der Waals surface area contributed by atoms with Crippen LogP contribution in [-0.2, 0) is 0 Å². The molecular weight excluding hydrogens is 348 g/mol. The van der Waals surface area contributed by atoms with Crippen molar-refractivity contribution >= 4 is 0 Å². The number of unbranched alkanes of at least 4 members (excludes halogenated alkanes) is 3. The Balaban J connectivity index is 1.21. The van der Waals surface area contributed by atoms with Crippen molar-refractivity contribution in [2.24, 2.45) is 34.5 Å². The Bertz CT molecular complexity index is 450. The normalized spacial score (nSPS) is 42.8. The minimum atomic E-state index is 0.795. The van der Waals surface area contributed by atoms with E-state index in [9.17, 15) is 0 Å². The van der Waals surface area contributed by atoms with Crippen molar-refractivity contribution in [3.63, 3.8) is 0 Å². The molecule has 0 N–H and O–H groups in total. The molecule has 0 aliphatic heterocycles. The smallest absolute Gasteiger partial charge is 0.0269 e. The summed E-state index contributed by atoms with van der Waals surface area (Å²) in [6, 6.07) is 0. The largest absolute Gasteiger partial charge is 0.0654 e. The molecule has 168 valence electrons. The summed E-state index contributed by atoms with van der Waals surface area (Å²) in [4.78, 5) is 0. The maximum absolute atomic E-state index is 2.37. The summed E-state index contributed by atoms with van der Waals surface area (Å²) in [5.74, 6) is 4.40. The first kappa shape index (κ1) is 22.2. The van der Waals surface area contributed by atoms with Crippen LogP contribution in [0.1, 0.15) is 149 Å². The minimum Gasteiger partial charge on any atom is -0.0654 e. The van der Waals surface area contributed by atoms with Crippen molar-refractivity contribution in [3.8, 4) is 0 Å². The highest BCUT2D eigenvalue weighted by atomic mass is 14.6. The first-order valence-electron chi connectivity index (χ1n) is 14.2. The van der Waals surface area contributed by atoms with Crippen LogP contribution in [0.3, 0.4) is 0 Å². The van der Waals surface area contributed by atoms with Gasteiger partial charge in [0.05, 0.1) is 0 Å². The Morgan fingerprint density at radius 3 is 1.72 bits per heavy atom. The maximum atomic E-state index is 2.37. The van der Waals surface area contributed by atoms with Gasteiger partial charge in [0.15, 0.2) is 0 Å². The highest BCUT2D eigenvalue weighted by Gasteiger charge is 2.51. The fraction of sp³-hybridized carbons (Fsp3) is 1.00. The summed E-state index contributed by atoms with van der Waals surface area (Å²) < 4.78 is 0. The van der Waals surface area contributed by atoms with Crippen LogP contribution in [0.25, 0.3) is 0 Å². The summed E-state index contributed by atoms with van der Waals surface area (Å²) in [6.45, 7) is 4.72. The Hall–Kier alpha value is 0. The topological polar surface area (TPSA) is 0 Å². The molecule has 0 heteroatoms. The van der Waals surface area contributed by atoms with Crippen molar-refractivity contribution in [1.82, 2.24) is 0 Å². The number of hydrogen-bond acceptors (Lipinski definition) is 0. The SMILES string of the molecule is CCCCCCC12CCC([C@H]3CC[C@H]([C@H]4CC[C@H](CCC)CC4)CC3)(CC1)CC2. The third-order valence-corrected chi connectivity index (χ3v) is 10.9. The highest BCUT2D eigenvalue weighted by Crippen LogP contribution is 2.63. The number of fused-ring (bicyclic) bond motifs is 3. The van der Waals surface area contributed by atoms with Crippen LogP contribution >= 0.6 is 0 Å². The molecule has 0 aromatic carbocycles. The molecule has 0 spiro atoms. The molecule has 5 rings (SSSR count). The van der Waals surface area contributed by atoms with Gasteiger partial charge in [0.25, 0.3) is 0 Å². The second kappa shape index (κ2) is 10.1. The zero-order valence-corrected chi connectivity index (χ0v) is 20.2. The van der Waals surface area contributed by atoms with Crippen LogP contribution in [0, 0.1) is 34.5 Å². The second-order valence-corrected chi connectivity index (χ2v) is 12.4. The van der Waals surface area contributed by atoms with Gasteiger partial charge in [-0.2, -0.15) is 0 Å². The number of rotatable bonds is 9. The van der Waals surface area contributed by atoms with Gasteiger partial charge in [-0.1, -0.05) is 65.2 Å². The predicted octanol–water partition coefficient (Wildman–Crippen LogP) is 9.71. The van der Waals surface area contributed by atoms with Crippen molar-refractivity contribution in [1.29, 1.82) is 0 Å². The number of hydrogen-bond donors (Lipinski definition) is 0. The lowest BCUT2D eigenvalue weighted by molar-refractivity contribution is -0.0680. The van der Waals surface area contributed by atoms with E-state index < -0.39 is 0 Å². The van der Waals surface area contributed by atoms with E-state index in [2.05, 4.69) is 13.8 Å². The van der Waals surface area contributed by atoms with E-state index in [0.717, 1.165) is 34.5 Å². The van der Waals surface area contributed by atoms with Gasteiger partial charge in [0, 0.05) is 0 Å². The van der Waals surface area contributed by atoms with E-state index in [1.165, 1.54) is 38.5 Å². The van der Waals surface area contributed by atoms with E-state index in [0.29, 0.717) is 0 Å². The Kier molecular flexibility index (Phi) is 7.72. The van der Waals surface area contributed by atoms with Gasteiger partial charge in [-0.05, 0) is 118 Å². The summed E-state index contributed by atoms with van der Waals surface area (Å²) >= 11 is 0. The molecule has 5 fully saturated rings. The second-order valence-electron chi connectivity index (χ2n) is 12.4. The van der Waals surface area contributed by atoms with Gasteiger partial charge in [0.2, 0.25) is 0 Å². The van der Waals surface area contributed by atoms with Gasteiger partial charge >= 0.3 is 0 Å².